The molecule has 0 atom stereocenters. The van der Waals surface area contributed by atoms with Crippen LogP contribution in [0.3, 0.4) is 0 Å². The minimum Gasteiger partial charge on any atom is -0.486 e. The van der Waals surface area contributed by atoms with Gasteiger partial charge in [0.2, 0.25) is 5.13 Å². The first-order valence-electron chi connectivity index (χ1n) is 9.58. The third-order valence-electron chi connectivity index (χ3n) is 4.59. The van der Waals surface area contributed by atoms with Crippen molar-refractivity contribution >= 4 is 27.9 Å². The molecule has 0 aliphatic carbocycles. The Morgan fingerprint density at radius 3 is 2.43 bits per heavy atom. The molecule has 1 heterocycles. The number of aromatic nitrogens is 2. The van der Waals surface area contributed by atoms with Crippen molar-refractivity contribution in [3.05, 3.63) is 100 Å². The number of benzene rings is 3. The second kappa shape index (κ2) is 8.88. The van der Waals surface area contributed by atoms with E-state index >= 15 is 0 Å². The first kappa shape index (κ1) is 19.8. The lowest BCUT2D eigenvalue weighted by Crippen LogP contribution is -2.03. The molecule has 1 aromatic heterocycles. The lowest BCUT2D eigenvalue weighted by atomic mass is 10.0. The van der Waals surface area contributed by atoms with Gasteiger partial charge in [-0.25, -0.2) is 0 Å². The van der Waals surface area contributed by atoms with Crippen LogP contribution in [0, 0.1) is 13.8 Å². The highest BCUT2D eigenvalue weighted by molar-refractivity contribution is 7.15. The zero-order valence-corrected chi connectivity index (χ0v) is 17.6. The third-order valence-corrected chi connectivity index (χ3v) is 5.41. The van der Waals surface area contributed by atoms with E-state index in [-0.39, 0.29) is 5.78 Å². The van der Waals surface area contributed by atoms with Crippen molar-refractivity contribution in [3.63, 3.8) is 0 Å². The van der Waals surface area contributed by atoms with E-state index in [1.54, 1.807) is 6.07 Å². The molecule has 0 unspecified atom stereocenters. The smallest absolute Gasteiger partial charge is 0.210 e. The van der Waals surface area contributed by atoms with Crippen molar-refractivity contribution in [2.75, 3.05) is 5.32 Å². The lowest BCUT2D eigenvalue weighted by Gasteiger charge is -2.09. The van der Waals surface area contributed by atoms with Gasteiger partial charge in [0.05, 0.1) is 0 Å². The maximum atomic E-state index is 12.6. The van der Waals surface area contributed by atoms with Gasteiger partial charge in [-0.3, -0.25) is 4.79 Å². The fraction of sp³-hybridized carbons (Fsp3) is 0.125. The Morgan fingerprint density at radius 2 is 1.70 bits per heavy atom. The predicted molar refractivity (Wildman–Crippen MR) is 120 cm³/mol. The van der Waals surface area contributed by atoms with E-state index in [1.807, 2.05) is 73.7 Å². The van der Waals surface area contributed by atoms with Gasteiger partial charge in [-0.05, 0) is 49.7 Å². The van der Waals surface area contributed by atoms with Gasteiger partial charge in [-0.1, -0.05) is 59.4 Å². The number of hydrogen-bond donors (Lipinski definition) is 1. The average molecular weight is 416 g/mol. The number of carbonyl (C=O) groups is 1. The highest BCUT2D eigenvalue weighted by Gasteiger charge is 2.12. The summed E-state index contributed by atoms with van der Waals surface area (Å²) in [6, 6.07) is 22.8. The Bertz CT molecular complexity index is 1150. The van der Waals surface area contributed by atoms with E-state index in [9.17, 15) is 4.79 Å². The molecule has 5 nitrogen and oxygen atoms in total. The molecule has 150 valence electrons. The highest BCUT2D eigenvalue weighted by atomic mass is 32.1. The second-order valence-electron chi connectivity index (χ2n) is 6.96. The van der Waals surface area contributed by atoms with Crippen molar-refractivity contribution in [2.45, 2.75) is 20.5 Å². The van der Waals surface area contributed by atoms with Crippen LogP contribution in [0.2, 0.25) is 0 Å². The van der Waals surface area contributed by atoms with Gasteiger partial charge in [-0.2, -0.15) is 0 Å². The number of anilines is 2. The van der Waals surface area contributed by atoms with Crippen LogP contribution in [0.1, 0.15) is 32.1 Å². The van der Waals surface area contributed by atoms with Crippen molar-refractivity contribution in [3.8, 4) is 5.75 Å². The number of ketones is 1. The van der Waals surface area contributed by atoms with Crippen LogP contribution < -0.4 is 10.1 Å². The summed E-state index contributed by atoms with van der Waals surface area (Å²) in [5.74, 6) is 0.726. The van der Waals surface area contributed by atoms with Crippen LogP contribution in [-0.4, -0.2) is 16.0 Å². The molecule has 0 radical (unpaired) electrons. The molecule has 3 aromatic carbocycles. The maximum absolute atomic E-state index is 12.6. The number of ether oxygens (including phenoxy) is 1. The van der Waals surface area contributed by atoms with Gasteiger partial charge in [0.25, 0.3) is 0 Å². The molecular formula is C24H21N3O2S. The first-order chi connectivity index (χ1) is 14.6. The average Bonchev–Trinajstić information content (AvgIpc) is 3.22. The fourth-order valence-electron chi connectivity index (χ4n) is 2.97. The van der Waals surface area contributed by atoms with Crippen molar-refractivity contribution in [2.24, 2.45) is 0 Å². The Labute approximate surface area is 179 Å². The zero-order valence-electron chi connectivity index (χ0n) is 16.8. The van der Waals surface area contributed by atoms with Crippen molar-refractivity contribution in [1.29, 1.82) is 0 Å². The topological polar surface area (TPSA) is 64.1 Å². The molecule has 0 bridgehead atoms. The normalized spacial score (nSPS) is 10.6. The van der Waals surface area contributed by atoms with Gasteiger partial charge in [-0.15, -0.1) is 10.2 Å². The van der Waals surface area contributed by atoms with Crippen LogP contribution in [0.5, 0.6) is 5.75 Å². The molecule has 0 aliphatic rings. The monoisotopic (exact) mass is 415 g/mol. The molecule has 0 amide bonds. The first-order valence-corrected chi connectivity index (χ1v) is 10.4. The number of carbonyl (C=O) groups excluding carboxylic acids is 1. The number of hydrogen-bond acceptors (Lipinski definition) is 6. The second-order valence-corrected chi connectivity index (χ2v) is 8.02. The standard InChI is InChI=1S/C24H21N3O2S/c1-16-8-11-20(12-9-16)25-24-27-26-22(30-24)15-29-21-13-10-19(14-17(21)2)23(28)18-6-4-3-5-7-18/h3-14H,15H2,1-2H3,(H,25,27). The fourth-order valence-corrected chi connectivity index (χ4v) is 3.64. The summed E-state index contributed by atoms with van der Waals surface area (Å²) in [4.78, 5) is 12.6. The SMILES string of the molecule is Cc1ccc(Nc2nnc(COc3ccc(C(=O)c4ccccc4)cc3C)s2)cc1. The number of aryl methyl sites for hydroxylation is 2. The summed E-state index contributed by atoms with van der Waals surface area (Å²) in [6.07, 6.45) is 0. The summed E-state index contributed by atoms with van der Waals surface area (Å²) in [7, 11) is 0. The third kappa shape index (κ3) is 4.72. The number of nitrogens with one attached hydrogen (secondary N) is 1. The molecule has 30 heavy (non-hydrogen) atoms. The highest BCUT2D eigenvalue weighted by Crippen LogP contribution is 2.25. The summed E-state index contributed by atoms with van der Waals surface area (Å²) in [5, 5.41) is 13.1. The summed E-state index contributed by atoms with van der Waals surface area (Å²) in [5.41, 5.74) is 4.40. The Morgan fingerprint density at radius 1 is 0.933 bits per heavy atom. The minimum atomic E-state index is 0.00111. The largest absolute Gasteiger partial charge is 0.486 e. The van der Waals surface area contributed by atoms with Crippen LogP contribution in [0.25, 0.3) is 0 Å². The zero-order chi connectivity index (χ0) is 20.9. The molecule has 4 aromatic rings. The summed E-state index contributed by atoms with van der Waals surface area (Å²) >= 11 is 1.45. The molecule has 0 aliphatic heterocycles. The molecule has 1 N–H and O–H groups in total. The van der Waals surface area contributed by atoms with E-state index in [0.717, 1.165) is 27.1 Å². The van der Waals surface area contributed by atoms with E-state index in [0.29, 0.717) is 17.7 Å². The van der Waals surface area contributed by atoms with Gasteiger partial charge < -0.3 is 10.1 Å². The Hall–Kier alpha value is -3.51. The van der Waals surface area contributed by atoms with Crippen LogP contribution in [-0.2, 0) is 6.61 Å². The van der Waals surface area contributed by atoms with Gasteiger partial charge >= 0.3 is 0 Å². The van der Waals surface area contributed by atoms with Crippen LogP contribution in [0.15, 0.2) is 72.8 Å². The van der Waals surface area contributed by atoms with Crippen molar-refractivity contribution < 1.29 is 9.53 Å². The van der Waals surface area contributed by atoms with Crippen LogP contribution in [0.4, 0.5) is 10.8 Å². The van der Waals surface area contributed by atoms with E-state index < -0.39 is 0 Å². The number of nitrogens with zero attached hydrogens (tertiary/aromatic N) is 2. The quantitative estimate of drug-likeness (QED) is 0.392. The van der Waals surface area contributed by atoms with E-state index in [1.165, 1.54) is 16.9 Å². The molecule has 0 saturated carbocycles. The van der Waals surface area contributed by atoms with Crippen LogP contribution >= 0.6 is 11.3 Å². The molecule has 0 spiro atoms. The molecule has 4 rings (SSSR count). The minimum absolute atomic E-state index is 0.00111. The summed E-state index contributed by atoms with van der Waals surface area (Å²) in [6.45, 7) is 4.30. The Kier molecular flexibility index (Phi) is 5.86. The molecular weight excluding hydrogens is 394 g/mol. The predicted octanol–water partition coefficient (Wildman–Crippen LogP) is 5.71. The molecule has 0 saturated heterocycles. The van der Waals surface area contributed by atoms with Gasteiger partial charge in [0.15, 0.2) is 10.8 Å². The van der Waals surface area contributed by atoms with Gasteiger partial charge in [0.1, 0.15) is 12.4 Å². The summed E-state index contributed by atoms with van der Waals surface area (Å²) < 4.78 is 5.91. The van der Waals surface area contributed by atoms with E-state index in [2.05, 4.69) is 22.4 Å². The number of rotatable bonds is 7. The molecule has 0 fully saturated rings. The maximum Gasteiger partial charge on any atom is 0.210 e. The van der Waals surface area contributed by atoms with E-state index in [4.69, 9.17) is 4.74 Å². The van der Waals surface area contributed by atoms with Crippen molar-refractivity contribution in [1.82, 2.24) is 10.2 Å². The van der Waals surface area contributed by atoms with Gasteiger partial charge in [0, 0.05) is 16.8 Å². The lowest BCUT2D eigenvalue weighted by molar-refractivity contribution is 0.103. The molecule has 6 heteroatoms. The Balaban J connectivity index is 1.39.